The van der Waals surface area contributed by atoms with Gasteiger partial charge in [0.25, 0.3) is 0 Å². The Bertz CT molecular complexity index is 455. The quantitative estimate of drug-likeness (QED) is 0.620. The molecule has 0 aliphatic carbocycles. The van der Waals surface area contributed by atoms with Crippen molar-refractivity contribution in [3.05, 3.63) is 23.4 Å². The summed E-state index contributed by atoms with van der Waals surface area (Å²) in [4.78, 5) is 6.85. The van der Waals surface area contributed by atoms with Crippen LogP contribution in [0.25, 0.3) is 0 Å². The van der Waals surface area contributed by atoms with Crippen molar-refractivity contribution in [1.82, 2.24) is 4.98 Å². The molecule has 0 aromatic carbocycles. The Kier molecular flexibility index (Phi) is 3.55. The van der Waals surface area contributed by atoms with Gasteiger partial charge in [0, 0.05) is 18.8 Å². The van der Waals surface area contributed by atoms with Crippen LogP contribution in [0.3, 0.4) is 0 Å². The van der Waals surface area contributed by atoms with Crippen LogP contribution < -0.4 is 10.6 Å². The summed E-state index contributed by atoms with van der Waals surface area (Å²) in [5, 5.41) is 7.67. The number of nitrogen functional groups attached to an aromatic ring is 1. The van der Waals surface area contributed by atoms with Gasteiger partial charge in [0.15, 0.2) is 0 Å². The van der Waals surface area contributed by atoms with Gasteiger partial charge >= 0.3 is 0 Å². The third kappa shape index (κ3) is 2.47. The standard InChI is InChI=1S/C14H22N4/c1-9-6-7-18(8-10(9)2)14-12(13(15)16)5-4-11(3)17-14/h4-5,9-10H,6-8H2,1-3H3,(H3,15,16). The summed E-state index contributed by atoms with van der Waals surface area (Å²) in [7, 11) is 0. The lowest BCUT2D eigenvalue weighted by Crippen LogP contribution is -2.40. The van der Waals surface area contributed by atoms with E-state index in [0.717, 1.165) is 36.1 Å². The van der Waals surface area contributed by atoms with Crippen molar-refractivity contribution in [2.75, 3.05) is 18.0 Å². The van der Waals surface area contributed by atoms with E-state index in [1.54, 1.807) is 0 Å². The molecule has 0 radical (unpaired) electrons. The Labute approximate surface area is 109 Å². The number of hydrogen-bond acceptors (Lipinski definition) is 3. The maximum Gasteiger partial charge on any atom is 0.139 e. The van der Waals surface area contributed by atoms with Crippen LogP contribution in [0.4, 0.5) is 5.82 Å². The Balaban J connectivity index is 2.32. The molecule has 0 bridgehead atoms. The highest BCUT2D eigenvalue weighted by molar-refractivity contribution is 5.99. The number of aryl methyl sites for hydroxylation is 1. The van der Waals surface area contributed by atoms with E-state index in [2.05, 4.69) is 23.7 Å². The lowest BCUT2D eigenvalue weighted by Gasteiger charge is -2.36. The molecule has 1 fully saturated rings. The first-order valence-electron chi connectivity index (χ1n) is 6.56. The first-order valence-corrected chi connectivity index (χ1v) is 6.56. The number of amidine groups is 1. The highest BCUT2D eigenvalue weighted by Crippen LogP contribution is 2.28. The van der Waals surface area contributed by atoms with Gasteiger partial charge in [-0.15, -0.1) is 0 Å². The molecule has 1 aromatic heterocycles. The number of pyridine rings is 1. The summed E-state index contributed by atoms with van der Waals surface area (Å²) in [6, 6.07) is 3.82. The third-order valence-electron chi connectivity index (χ3n) is 3.94. The highest BCUT2D eigenvalue weighted by Gasteiger charge is 2.25. The molecule has 2 heterocycles. The molecule has 98 valence electrons. The Hall–Kier alpha value is -1.58. The molecule has 0 saturated carbocycles. The number of nitrogens with two attached hydrogens (primary N) is 1. The minimum Gasteiger partial charge on any atom is -0.384 e. The molecule has 1 saturated heterocycles. The summed E-state index contributed by atoms with van der Waals surface area (Å²) in [6.45, 7) is 8.56. The Morgan fingerprint density at radius 2 is 2.11 bits per heavy atom. The number of piperidine rings is 1. The van der Waals surface area contributed by atoms with Crippen LogP contribution in [-0.2, 0) is 0 Å². The van der Waals surface area contributed by atoms with Crippen LogP contribution in [0.2, 0.25) is 0 Å². The molecule has 2 unspecified atom stereocenters. The van der Waals surface area contributed by atoms with Crippen molar-refractivity contribution in [2.24, 2.45) is 17.6 Å². The van der Waals surface area contributed by atoms with Crippen LogP contribution >= 0.6 is 0 Å². The molecule has 1 aliphatic rings. The lowest BCUT2D eigenvalue weighted by atomic mass is 9.88. The number of nitrogens with zero attached hydrogens (tertiary/aromatic N) is 2. The van der Waals surface area contributed by atoms with E-state index >= 15 is 0 Å². The molecule has 2 rings (SSSR count). The molecule has 1 aromatic rings. The zero-order valence-corrected chi connectivity index (χ0v) is 11.4. The molecular weight excluding hydrogens is 224 g/mol. The van der Waals surface area contributed by atoms with Gasteiger partial charge in [-0.1, -0.05) is 13.8 Å². The van der Waals surface area contributed by atoms with Gasteiger partial charge in [-0.3, -0.25) is 5.41 Å². The van der Waals surface area contributed by atoms with Gasteiger partial charge in [0.1, 0.15) is 11.7 Å². The fraction of sp³-hybridized carbons (Fsp3) is 0.571. The SMILES string of the molecule is Cc1ccc(C(=N)N)c(N2CCC(C)C(C)C2)n1. The van der Waals surface area contributed by atoms with Gasteiger partial charge in [-0.05, 0) is 37.3 Å². The first-order chi connectivity index (χ1) is 8.49. The number of anilines is 1. The van der Waals surface area contributed by atoms with Crippen LogP contribution in [0.5, 0.6) is 0 Å². The second-order valence-electron chi connectivity index (χ2n) is 5.43. The number of aromatic nitrogens is 1. The van der Waals surface area contributed by atoms with Gasteiger partial charge in [0.2, 0.25) is 0 Å². The average Bonchev–Trinajstić information content (AvgIpc) is 2.32. The first kappa shape index (κ1) is 12.9. The maximum atomic E-state index is 7.67. The van der Waals surface area contributed by atoms with Gasteiger partial charge in [0.05, 0.1) is 5.56 Å². The molecule has 3 N–H and O–H groups in total. The molecule has 0 spiro atoms. The summed E-state index contributed by atoms with van der Waals surface area (Å²) in [5.41, 5.74) is 7.38. The van der Waals surface area contributed by atoms with E-state index < -0.39 is 0 Å². The fourth-order valence-electron chi connectivity index (χ4n) is 2.45. The van der Waals surface area contributed by atoms with Crippen molar-refractivity contribution in [3.63, 3.8) is 0 Å². The maximum absolute atomic E-state index is 7.67. The highest BCUT2D eigenvalue weighted by atomic mass is 15.2. The predicted octanol–water partition coefficient (Wildman–Crippen LogP) is 2.16. The Morgan fingerprint density at radius 1 is 1.39 bits per heavy atom. The molecule has 4 heteroatoms. The smallest absolute Gasteiger partial charge is 0.139 e. The molecular formula is C14H22N4. The van der Waals surface area contributed by atoms with Gasteiger partial charge in [-0.25, -0.2) is 4.98 Å². The van der Waals surface area contributed by atoms with Crippen LogP contribution in [0.1, 0.15) is 31.5 Å². The number of rotatable bonds is 2. The minimum absolute atomic E-state index is 0.101. The Morgan fingerprint density at radius 3 is 2.72 bits per heavy atom. The summed E-state index contributed by atoms with van der Waals surface area (Å²) in [6.07, 6.45) is 1.17. The molecule has 1 aliphatic heterocycles. The van der Waals surface area contributed by atoms with E-state index in [-0.39, 0.29) is 5.84 Å². The molecule has 2 atom stereocenters. The van der Waals surface area contributed by atoms with Crippen molar-refractivity contribution in [2.45, 2.75) is 27.2 Å². The van der Waals surface area contributed by atoms with Crippen LogP contribution in [-0.4, -0.2) is 23.9 Å². The lowest BCUT2D eigenvalue weighted by molar-refractivity contribution is 0.322. The van der Waals surface area contributed by atoms with E-state index in [4.69, 9.17) is 11.1 Å². The number of nitrogens with one attached hydrogen (secondary N) is 1. The van der Waals surface area contributed by atoms with E-state index in [1.807, 2.05) is 19.1 Å². The van der Waals surface area contributed by atoms with Gasteiger partial charge in [-0.2, -0.15) is 0 Å². The van der Waals surface area contributed by atoms with E-state index in [1.165, 1.54) is 6.42 Å². The van der Waals surface area contributed by atoms with Crippen molar-refractivity contribution in [1.29, 1.82) is 5.41 Å². The van der Waals surface area contributed by atoms with Crippen molar-refractivity contribution in [3.8, 4) is 0 Å². The summed E-state index contributed by atoms with van der Waals surface area (Å²) in [5.74, 6) is 2.39. The second kappa shape index (κ2) is 4.96. The zero-order chi connectivity index (χ0) is 13.3. The van der Waals surface area contributed by atoms with Crippen molar-refractivity contribution < 1.29 is 0 Å². The normalized spacial score (nSPS) is 24.1. The summed E-state index contributed by atoms with van der Waals surface area (Å²) < 4.78 is 0. The van der Waals surface area contributed by atoms with Crippen LogP contribution in [0.15, 0.2) is 12.1 Å². The molecule has 4 nitrogen and oxygen atoms in total. The second-order valence-corrected chi connectivity index (χ2v) is 5.43. The largest absolute Gasteiger partial charge is 0.384 e. The van der Waals surface area contributed by atoms with Crippen LogP contribution in [0, 0.1) is 24.2 Å². The average molecular weight is 246 g/mol. The summed E-state index contributed by atoms with van der Waals surface area (Å²) >= 11 is 0. The van der Waals surface area contributed by atoms with E-state index in [0.29, 0.717) is 5.92 Å². The monoisotopic (exact) mass is 246 g/mol. The predicted molar refractivity (Wildman–Crippen MR) is 75.1 cm³/mol. The fourth-order valence-corrected chi connectivity index (χ4v) is 2.45. The zero-order valence-electron chi connectivity index (χ0n) is 11.4. The van der Waals surface area contributed by atoms with Crippen molar-refractivity contribution >= 4 is 11.7 Å². The molecule has 0 amide bonds. The van der Waals surface area contributed by atoms with Gasteiger partial charge < -0.3 is 10.6 Å². The topological polar surface area (TPSA) is 66.0 Å². The number of hydrogen-bond donors (Lipinski definition) is 2. The van der Waals surface area contributed by atoms with E-state index in [9.17, 15) is 0 Å². The molecule has 18 heavy (non-hydrogen) atoms. The minimum atomic E-state index is 0.101. The third-order valence-corrected chi connectivity index (χ3v) is 3.94.